The van der Waals surface area contributed by atoms with Crippen molar-refractivity contribution in [2.75, 3.05) is 37.7 Å². The molecule has 2 aliphatic carbocycles. The molecule has 1 spiro atoms. The summed E-state index contributed by atoms with van der Waals surface area (Å²) in [4.78, 5) is 27.3. The Morgan fingerprint density at radius 3 is 2.81 bits per heavy atom. The van der Waals surface area contributed by atoms with Gasteiger partial charge in [0.05, 0.1) is 30.3 Å². The highest BCUT2D eigenvalue weighted by atomic mass is 35.5. The number of nitrogens with zero attached hydrogens (tertiary/aromatic N) is 1. The van der Waals surface area contributed by atoms with E-state index in [-0.39, 0.29) is 37.7 Å². The lowest BCUT2D eigenvalue weighted by molar-refractivity contribution is -0.119. The number of aryl methyl sites for hydroxylation is 1. The molecular weight excluding hydrogens is 638 g/mol. The maximum absolute atomic E-state index is 13.5. The molecule has 2 aromatic carbocycles. The molecule has 0 saturated heterocycles. The van der Waals surface area contributed by atoms with Gasteiger partial charge in [0.15, 0.2) is 0 Å². The van der Waals surface area contributed by atoms with Crippen molar-refractivity contribution in [2.24, 2.45) is 17.8 Å². The zero-order valence-corrected chi connectivity index (χ0v) is 29.0. The lowest BCUT2D eigenvalue weighted by Crippen LogP contribution is -2.50. The number of fused-ring (bicyclic) bond motifs is 4. The summed E-state index contributed by atoms with van der Waals surface area (Å²) in [5.74, 6) is 0.289. The van der Waals surface area contributed by atoms with E-state index in [2.05, 4.69) is 33.1 Å². The van der Waals surface area contributed by atoms with Crippen molar-refractivity contribution < 1.29 is 30.3 Å². The summed E-state index contributed by atoms with van der Waals surface area (Å²) < 4.78 is 42.0. The maximum atomic E-state index is 13.5. The summed E-state index contributed by atoms with van der Waals surface area (Å²) in [6, 6.07) is 11.4. The number of sulfonamides is 1. The summed E-state index contributed by atoms with van der Waals surface area (Å²) in [7, 11) is -3.95. The molecule has 6 rings (SSSR count). The number of benzene rings is 2. The van der Waals surface area contributed by atoms with E-state index in [0.29, 0.717) is 44.4 Å². The molecule has 1 fully saturated rings. The molecule has 2 aromatic rings. The lowest BCUT2D eigenvalue weighted by Gasteiger charge is -2.46. The van der Waals surface area contributed by atoms with E-state index in [9.17, 15) is 18.0 Å². The van der Waals surface area contributed by atoms with Gasteiger partial charge in [-0.1, -0.05) is 36.7 Å². The van der Waals surface area contributed by atoms with E-state index in [1.807, 2.05) is 19.1 Å². The van der Waals surface area contributed by atoms with Gasteiger partial charge in [0.1, 0.15) is 5.75 Å². The van der Waals surface area contributed by atoms with Crippen LogP contribution >= 0.6 is 11.6 Å². The van der Waals surface area contributed by atoms with Crippen LogP contribution in [0.1, 0.15) is 77.2 Å². The topological polar surface area (TPSA) is 114 Å². The summed E-state index contributed by atoms with van der Waals surface area (Å²) in [6.07, 6.45) is 9.43. The van der Waals surface area contributed by atoms with Crippen molar-refractivity contribution >= 4 is 39.1 Å². The first-order valence-electron chi connectivity index (χ1n) is 16.9. The Hall–Kier alpha value is -3.08. The molecule has 11 heteroatoms. The number of anilines is 1. The zero-order valence-electron chi connectivity index (χ0n) is 27.5. The monoisotopic (exact) mass is 687 g/mol. The van der Waals surface area contributed by atoms with E-state index in [1.165, 1.54) is 18.1 Å². The number of hydrogen-bond acceptors (Lipinski definition) is 7. The second-order valence-electron chi connectivity index (χ2n) is 13.9. The number of ether oxygens (including phenoxy) is 2. The molecule has 0 aromatic heterocycles. The van der Waals surface area contributed by atoms with Gasteiger partial charge in [-0.2, -0.15) is 0 Å². The van der Waals surface area contributed by atoms with Gasteiger partial charge in [0.2, 0.25) is 15.9 Å². The Kier molecular flexibility index (Phi) is 9.93. The van der Waals surface area contributed by atoms with Crippen LogP contribution in [-0.4, -0.2) is 64.4 Å². The Morgan fingerprint density at radius 2 is 2.04 bits per heavy atom. The molecule has 4 aliphatic rings. The standard InChI is InChI=1S/C36H46ClN3O6S.2H2/c1-23-6-4-8-33(45-17-16-38-25(3)41)30-12-9-28(30)20-40-21-36(15-5-7-26-18-29(37)11-13-31(26)36)22-46-34-14-10-27(19-32(34)40)35(42)39-47(43,44)24(23)2;;/h4,8,10-11,13-14,18-19,23-24,28,30,33H,5-7,9,12,15-17,20-22H2,1-3H3,(H,38,41)(H,39,42);2*1H/b8-4+;;/t23-,24+,28-,30+,33-,36-;;/m0../s1. The number of carbonyl (C=O) groups excluding carboxylic acids is 2. The Labute approximate surface area is 286 Å². The number of carbonyl (C=O) groups is 2. The maximum Gasteiger partial charge on any atom is 0.264 e. The molecule has 2 heterocycles. The van der Waals surface area contributed by atoms with E-state index in [1.54, 1.807) is 25.1 Å². The van der Waals surface area contributed by atoms with Gasteiger partial charge in [-0.3, -0.25) is 9.59 Å². The number of nitrogens with one attached hydrogen (secondary N) is 2. The molecule has 0 unspecified atom stereocenters. The number of halogens is 1. The van der Waals surface area contributed by atoms with Gasteiger partial charge < -0.3 is 19.7 Å². The Bertz CT molecular complexity index is 1660. The molecule has 2 aliphatic heterocycles. The van der Waals surface area contributed by atoms with Gasteiger partial charge in [0.25, 0.3) is 5.91 Å². The quantitative estimate of drug-likeness (QED) is 0.304. The van der Waals surface area contributed by atoms with E-state index >= 15 is 0 Å². The molecule has 258 valence electrons. The number of rotatable bonds is 4. The van der Waals surface area contributed by atoms with Crippen molar-refractivity contribution in [1.29, 1.82) is 0 Å². The third-order valence-electron chi connectivity index (χ3n) is 10.8. The van der Waals surface area contributed by atoms with Crippen molar-refractivity contribution in [3.05, 3.63) is 70.3 Å². The molecule has 0 radical (unpaired) electrons. The normalized spacial score (nSPS) is 30.9. The first-order chi connectivity index (χ1) is 22.5. The SMILES string of the molecule is CC(=O)NCCO[C@H]1/C=C/C[C@H](C)[C@@H](C)S(=O)(=O)NC(=O)c2ccc3c(c2)N(C[C@@H]2CC[C@H]21)C[C@@]1(CCCc2cc(Cl)ccc21)CO3.[HH].[HH]. The van der Waals surface area contributed by atoms with Crippen LogP contribution in [-0.2, 0) is 31.4 Å². The fourth-order valence-electron chi connectivity index (χ4n) is 7.74. The van der Waals surface area contributed by atoms with Crippen molar-refractivity contribution in [3.8, 4) is 5.75 Å². The lowest BCUT2D eigenvalue weighted by atomic mass is 9.68. The van der Waals surface area contributed by atoms with Crippen LogP contribution in [0.5, 0.6) is 5.75 Å². The van der Waals surface area contributed by atoms with Gasteiger partial charge in [0, 0.05) is 45.4 Å². The van der Waals surface area contributed by atoms with Crippen LogP contribution in [0.2, 0.25) is 5.02 Å². The summed E-state index contributed by atoms with van der Waals surface area (Å²) in [6.45, 7) is 7.75. The number of hydrogen-bond donors (Lipinski definition) is 2. The third kappa shape index (κ3) is 7.20. The first-order valence-corrected chi connectivity index (χ1v) is 18.8. The first kappa shape index (κ1) is 33.8. The van der Waals surface area contributed by atoms with Crippen molar-refractivity contribution in [3.63, 3.8) is 0 Å². The molecule has 1 saturated carbocycles. The molecule has 2 amide bonds. The van der Waals surface area contributed by atoms with Crippen LogP contribution < -0.4 is 19.7 Å². The van der Waals surface area contributed by atoms with Gasteiger partial charge in [-0.05, 0) is 105 Å². The largest absolute Gasteiger partial charge is 0.490 e. The Balaban J connectivity index is 0.00000270. The second-order valence-corrected chi connectivity index (χ2v) is 16.4. The molecular formula is C36H50ClN3O6S. The van der Waals surface area contributed by atoms with Crippen LogP contribution in [0.4, 0.5) is 5.69 Å². The molecule has 6 atom stereocenters. The van der Waals surface area contributed by atoms with E-state index in [4.69, 9.17) is 21.1 Å². The molecule has 2 bridgehead atoms. The van der Waals surface area contributed by atoms with Crippen LogP contribution in [0, 0.1) is 17.8 Å². The predicted molar refractivity (Wildman–Crippen MR) is 188 cm³/mol. The molecule has 47 heavy (non-hydrogen) atoms. The zero-order chi connectivity index (χ0) is 33.3. The van der Waals surface area contributed by atoms with Crippen LogP contribution in [0.3, 0.4) is 0 Å². The second kappa shape index (κ2) is 13.8. The highest BCUT2D eigenvalue weighted by Crippen LogP contribution is 2.47. The third-order valence-corrected chi connectivity index (χ3v) is 12.9. The van der Waals surface area contributed by atoms with Crippen molar-refractivity contribution in [2.45, 2.75) is 76.1 Å². The average Bonchev–Trinajstić information content (AvgIpc) is 3.16. The van der Waals surface area contributed by atoms with Gasteiger partial charge >= 0.3 is 0 Å². The fourth-order valence-corrected chi connectivity index (χ4v) is 9.22. The number of amides is 2. The average molecular weight is 688 g/mol. The minimum Gasteiger partial charge on any atom is -0.490 e. The van der Waals surface area contributed by atoms with Gasteiger partial charge in [-0.25, -0.2) is 13.1 Å². The Morgan fingerprint density at radius 1 is 1.21 bits per heavy atom. The minimum atomic E-state index is -3.95. The van der Waals surface area contributed by atoms with E-state index in [0.717, 1.165) is 49.4 Å². The predicted octanol–water partition coefficient (Wildman–Crippen LogP) is 5.90. The molecule has 2 N–H and O–H groups in total. The summed E-state index contributed by atoms with van der Waals surface area (Å²) >= 11 is 6.43. The van der Waals surface area contributed by atoms with Crippen molar-refractivity contribution in [1.82, 2.24) is 10.0 Å². The minimum absolute atomic E-state index is 0. The summed E-state index contributed by atoms with van der Waals surface area (Å²) in [5, 5.41) is 2.75. The van der Waals surface area contributed by atoms with Crippen LogP contribution in [0.25, 0.3) is 0 Å². The smallest absolute Gasteiger partial charge is 0.264 e. The number of allylic oxidation sites excluding steroid dienone is 1. The van der Waals surface area contributed by atoms with Crippen LogP contribution in [0.15, 0.2) is 48.6 Å². The fraction of sp³-hybridized carbons (Fsp3) is 0.556. The summed E-state index contributed by atoms with van der Waals surface area (Å²) in [5.41, 5.74) is 3.31. The van der Waals surface area contributed by atoms with Gasteiger partial charge in [-0.15, -0.1) is 0 Å². The van der Waals surface area contributed by atoms with E-state index < -0.39 is 21.2 Å². The highest BCUT2D eigenvalue weighted by molar-refractivity contribution is 7.90. The molecule has 9 nitrogen and oxygen atoms in total. The highest BCUT2D eigenvalue weighted by Gasteiger charge is 2.44.